The molecule has 0 radical (unpaired) electrons. The molecule has 1 atom stereocenters. The first-order valence-corrected chi connectivity index (χ1v) is 9.04. The number of hydrogen-bond donors (Lipinski definition) is 2. The summed E-state index contributed by atoms with van der Waals surface area (Å²) in [4.78, 5) is 12.5. The summed E-state index contributed by atoms with van der Waals surface area (Å²) in [7, 11) is 0. The van der Waals surface area contributed by atoms with E-state index in [2.05, 4.69) is 24.5 Å². The largest absolute Gasteiger partial charge is 0.355 e. The van der Waals surface area contributed by atoms with Gasteiger partial charge in [0.1, 0.15) is 0 Å². The van der Waals surface area contributed by atoms with Crippen molar-refractivity contribution in [1.29, 1.82) is 0 Å². The third-order valence-corrected chi connectivity index (χ3v) is 6.25. The molecule has 3 heteroatoms. The number of amides is 1. The normalized spacial score (nSPS) is 29.8. The van der Waals surface area contributed by atoms with E-state index in [1.54, 1.807) is 0 Å². The van der Waals surface area contributed by atoms with Crippen LogP contribution in [0.1, 0.15) is 65.2 Å². The summed E-state index contributed by atoms with van der Waals surface area (Å²) in [6, 6.07) is 0. The third-order valence-electron chi connectivity index (χ3n) is 6.25. The van der Waals surface area contributed by atoms with Gasteiger partial charge in [0.2, 0.25) is 5.91 Å². The Morgan fingerprint density at radius 2 is 1.86 bits per heavy atom. The predicted molar refractivity (Wildman–Crippen MR) is 86.0 cm³/mol. The maximum Gasteiger partial charge on any atom is 0.223 e. The van der Waals surface area contributed by atoms with E-state index in [0.29, 0.717) is 22.7 Å². The second-order valence-corrected chi connectivity index (χ2v) is 8.39. The first-order valence-electron chi connectivity index (χ1n) is 9.04. The van der Waals surface area contributed by atoms with Crippen LogP contribution in [0.4, 0.5) is 0 Å². The zero-order valence-corrected chi connectivity index (χ0v) is 13.8. The van der Waals surface area contributed by atoms with Crippen molar-refractivity contribution in [2.24, 2.45) is 22.7 Å². The summed E-state index contributed by atoms with van der Waals surface area (Å²) in [6.07, 6.45) is 10.1. The lowest BCUT2D eigenvalue weighted by Gasteiger charge is -2.31. The molecule has 1 heterocycles. The first kappa shape index (κ1) is 15.3. The van der Waals surface area contributed by atoms with Crippen molar-refractivity contribution in [3.8, 4) is 0 Å². The van der Waals surface area contributed by atoms with E-state index in [1.807, 2.05) is 0 Å². The van der Waals surface area contributed by atoms with Crippen molar-refractivity contribution in [2.75, 3.05) is 19.6 Å². The highest BCUT2D eigenvalue weighted by Gasteiger charge is 2.57. The van der Waals surface area contributed by atoms with E-state index in [-0.39, 0.29) is 0 Å². The summed E-state index contributed by atoms with van der Waals surface area (Å²) >= 11 is 0. The smallest absolute Gasteiger partial charge is 0.223 e. The van der Waals surface area contributed by atoms with Crippen LogP contribution in [-0.2, 0) is 4.79 Å². The van der Waals surface area contributed by atoms with Crippen LogP contribution in [-0.4, -0.2) is 25.5 Å². The molecule has 120 valence electrons. The zero-order valence-electron chi connectivity index (χ0n) is 13.8. The monoisotopic (exact) mass is 292 g/mol. The van der Waals surface area contributed by atoms with Gasteiger partial charge in [0.25, 0.3) is 0 Å². The Morgan fingerprint density at radius 1 is 1.19 bits per heavy atom. The summed E-state index contributed by atoms with van der Waals surface area (Å²) < 4.78 is 0. The van der Waals surface area contributed by atoms with Crippen molar-refractivity contribution in [3.63, 3.8) is 0 Å². The summed E-state index contributed by atoms with van der Waals surface area (Å²) in [6.45, 7) is 7.75. The number of nitrogens with one attached hydrogen (secondary N) is 2. The van der Waals surface area contributed by atoms with Gasteiger partial charge in [-0.15, -0.1) is 0 Å². The Balaban J connectivity index is 1.51. The highest BCUT2D eigenvalue weighted by Crippen LogP contribution is 2.58. The van der Waals surface area contributed by atoms with E-state index in [9.17, 15) is 4.79 Å². The quantitative estimate of drug-likeness (QED) is 0.817. The molecule has 0 aromatic carbocycles. The summed E-state index contributed by atoms with van der Waals surface area (Å²) in [5.41, 5.74) is 0.774. The molecule has 1 aliphatic heterocycles. The molecule has 2 aliphatic carbocycles. The second-order valence-electron chi connectivity index (χ2n) is 8.39. The van der Waals surface area contributed by atoms with Crippen molar-refractivity contribution in [2.45, 2.75) is 65.2 Å². The van der Waals surface area contributed by atoms with Crippen LogP contribution >= 0.6 is 0 Å². The fourth-order valence-electron chi connectivity index (χ4n) is 5.04. The Labute approximate surface area is 129 Å². The molecule has 0 aromatic rings. The molecule has 3 nitrogen and oxygen atoms in total. The molecule has 21 heavy (non-hydrogen) atoms. The van der Waals surface area contributed by atoms with Gasteiger partial charge in [0.05, 0.1) is 0 Å². The molecule has 0 bridgehead atoms. The minimum Gasteiger partial charge on any atom is -0.355 e. The molecule has 3 fully saturated rings. The minimum atomic E-state index is 0.317. The van der Waals surface area contributed by atoms with Gasteiger partial charge in [-0.05, 0) is 68.4 Å². The van der Waals surface area contributed by atoms with Gasteiger partial charge < -0.3 is 10.6 Å². The molecule has 3 rings (SSSR count). The molecule has 2 N–H and O–H groups in total. The van der Waals surface area contributed by atoms with E-state index >= 15 is 0 Å². The maximum absolute atomic E-state index is 12.5. The van der Waals surface area contributed by atoms with Crippen molar-refractivity contribution >= 4 is 5.91 Å². The second kappa shape index (κ2) is 5.91. The van der Waals surface area contributed by atoms with Gasteiger partial charge in [-0.3, -0.25) is 4.79 Å². The molecule has 1 spiro atoms. The Bertz CT molecular complexity index is 379. The number of rotatable bonds is 5. The summed E-state index contributed by atoms with van der Waals surface area (Å²) in [5, 5.41) is 6.76. The van der Waals surface area contributed by atoms with Gasteiger partial charge in [-0.1, -0.05) is 26.7 Å². The van der Waals surface area contributed by atoms with E-state index in [1.165, 1.54) is 44.9 Å². The van der Waals surface area contributed by atoms with Gasteiger partial charge in [-0.25, -0.2) is 0 Å². The number of carbonyl (C=O) groups is 1. The molecule has 1 saturated heterocycles. The lowest BCUT2D eigenvalue weighted by molar-refractivity contribution is -0.123. The predicted octanol–water partition coefficient (Wildman–Crippen LogP) is 3.10. The molecular weight excluding hydrogens is 260 g/mol. The fraction of sp³-hybridized carbons (Fsp3) is 0.944. The third kappa shape index (κ3) is 3.28. The van der Waals surface area contributed by atoms with Crippen LogP contribution in [0.25, 0.3) is 0 Å². The molecular formula is C18H32N2O. The van der Waals surface area contributed by atoms with Crippen LogP contribution in [0.3, 0.4) is 0 Å². The average Bonchev–Trinajstić information content (AvgIpc) is 2.94. The van der Waals surface area contributed by atoms with E-state index in [4.69, 9.17) is 0 Å². The highest BCUT2D eigenvalue weighted by atomic mass is 16.2. The van der Waals surface area contributed by atoms with Gasteiger partial charge >= 0.3 is 0 Å². The van der Waals surface area contributed by atoms with Gasteiger partial charge in [0.15, 0.2) is 0 Å². The van der Waals surface area contributed by atoms with Crippen molar-refractivity contribution in [3.05, 3.63) is 0 Å². The molecule has 1 unspecified atom stereocenters. The van der Waals surface area contributed by atoms with Gasteiger partial charge in [0, 0.05) is 12.5 Å². The average molecular weight is 292 g/mol. The zero-order chi connectivity index (χ0) is 14.9. The van der Waals surface area contributed by atoms with E-state index < -0.39 is 0 Å². The number of piperidine rings is 1. The van der Waals surface area contributed by atoms with Crippen LogP contribution < -0.4 is 10.6 Å². The molecule has 3 aliphatic rings. The van der Waals surface area contributed by atoms with Crippen LogP contribution in [0, 0.1) is 22.7 Å². The first-order chi connectivity index (χ1) is 10.1. The Hall–Kier alpha value is -0.570. The molecule has 1 amide bonds. The lowest BCUT2D eigenvalue weighted by atomic mass is 9.78. The van der Waals surface area contributed by atoms with E-state index in [0.717, 1.165) is 32.0 Å². The highest BCUT2D eigenvalue weighted by molar-refractivity contribution is 5.82. The van der Waals surface area contributed by atoms with Crippen molar-refractivity contribution < 1.29 is 4.79 Å². The van der Waals surface area contributed by atoms with Crippen LogP contribution in [0.2, 0.25) is 0 Å². The number of hydrogen-bond acceptors (Lipinski definition) is 2. The van der Waals surface area contributed by atoms with Crippen LogP contribution in [0.5, 0.6) is 0 Å². The standard InChI is InChI=1S/C18H32N2O/c1-14(2)11-17(5-3-4-6-17)13-20-16(21)15-12-18(15)7-9-19-10-8-18/h14-15,19H,3-13H2,1-2H3,(H,20,21). The van der Waals surface area contributed by atoms with Crippen LogP contribution in [0.15, 0.2) is 0 Å². The maximum atomic E-state index is 12.5. The Morgan fingerprint density at radius 3 is 2.48 bits per heavy atom. The van der Waals surface area contributed by atoms with Crippen molar-refractivity contribution in [1.82, 2.24) is 10.6 Å². The lowest BCUT2D eigenvalue weighted by Crippen LogP contribution is -2.39. The fourth-order valence-corrected chi connectivity index (χ4v) is 5.04. The Kier molecular flexibility index (Phi) is 4.31. The SMILES string of the molecule is CC(C)CC1(CNC(=O)C2CC23CCNCC3)CCCC1. The van der Waals surface area contributed by atoms with Gasteiger partial charge in [-0.2, -0.15) is 0 Å². The molecule has 2 saturated carbocycles. The summed E-state index contributed by atoms with van der Waals surface area (Å²) in [5.74, 6) is 1.40. The minimum absolute atomic E-state index is 0.317. The number of carbonyl (C=O) groups excluding carboxylic acids is 1. The molecule has 0 aromatic heterocycles. The topological polar surface area (TPSA) is 41.1 Å².